The summed E-state index contributed by atoms with van der Waals surface area (Å²) < 4.78 is 0. The molecule has 98 valence electrons. The van der Waals surface area contributed by atoms with E-state index >= 15 is 0 Å². The van der Waals surface area contributed by atoms with E-state index in [9.17, 15) is 5.11 Å². The summed E-state index contributed by atoms with van der Waals surface area (Å²) in [7, 11) is 5.67. The summed E-state index contributed by atoms with van der Waals surface area (Å²) in [5, 5.41) is 20.7. The van der Waals surface area contributed by atoms with Gasteiger partial charge >= 0.3 is 0 Å². The molecule has 0 aliphatic carbocycles. The van der Waals surface area contributed by atoms with Crippen molar-refractivity contribution in [2.75, 3.05) is 21.1 Å². The first-order chi connectivity index (χ1) is 7.76. The van der Waals surface area contributed by atoms with E-state index in [4.69, 9.17) is 5.11 Å². The average Bonchev–Trinajstić information content (AvgIpc) is 2.21. The van der Waals surface area contributed by atoms with Gasteiger partial charge in [0.2, 0.25) is 0 Å². The van der Waals surface area contributed by atoms with Crippen molar-refractivity contribution >= 4 is 0 Å². The zero-order valence-electron chi connectivity index (χ0n) is 11.4. The van der Waals surface area contributed by atoms with Crippen LogP contribution < -0.4 is 5.32 Å². The maximum absolute atomic E-state index is 9.33. The van der Waals surface area contributed by atoms with Gasteiger partial charge in [-0.25, -0.2) is 0 Å². The summed E-state index contributed by atoms with van der Waals surface area (Å²) in [6.07, 6.45) is 0. The number of hydrogen-bond acceptors (Lipinski definition) is 4. The fourth-order valence-electron chi connectivity index (χ4n) is 0.985. The van der Waals surface area contributed by atoms with Gasteiger partial charge in [-0.1, -0.05) is 18.2 Å². The maximum Gasteiger partial charge on any atom is 0.120 e. The molecule has 0 fully saturated rings. The highest BCUT2D eigenvalue weighted by Crippen LogP contribution is 2.16. The lowest BCUT2D eigenvalue weighted by atomic mass is 10.2. The Bertz CT molecular complexity index is 319. The van der Waals surface area contributed by atoms with E-state index in [-0.39, 0.29) is 0 Å². The smallest absolute Gasteiger partial charge is 0.120 e. The number of aliphatic hydroxyl groups is 1. The second kappa shape index (κ2) is 7.27. The van der Waals surface area contributed by atoms with Crippen molar-refractivity contribution in [2.45, 2.75) is 26.1 Å². The van der Waals surface area contributed by atoms with Crippen LogP contribution in [0.4, 0.5) is 0 Å². The molecule has 0 radical (unpaired) electrons. The van der Waals surface area contributed by atoms with Crippen LogP contribution in [0.3, 0.4) is 0 Å². The molecular weight excluding hydrogens is 216 g/mol. The molecule has 0 unspecified atom stereocenters. The lowest BCUT2D eigenvalue weighted by molar-refractivity contribution is 0.0522. The van der Waals surface area contributed by atoms with E-state index in [1.807, 2.05) is 37.2 Å². The molecule has 0 saturated heterocycles. The van der Waals surface area contributed by atoms with Crippen molar-refractivity contribution in [3.8, 4) is 5.75 Å². The molecule has 0 aliphatic rings. The van der Waals surface area contributed by atoms with E-state index in [1.165, 1.54) is 0 Å². The topological polar surface area (TPSA) is 55.7 Å². The van der Waals surface area contributed by atoms with Crippen molar-refractivity contribution in [1.82, 2.24) is 10.2 Å². The molecule has 1 rings (SSSR count). The van der Waals surface area contributed by atoms with E-state index in [2.05, 4.69) is 5.32 Å². The Kier molecular flexibility index (Phi) is 6.80. The Morgan fingerprint density at radius 1 is 1.24 bits per heavy atom. The molecule has 0 heterocycles. The van der Waals surface area contributed by atoms with Gasteiger partial charge in [-0.15, -0.1) is 0 Å². The van der Waals surface area contributed by atoms with E-state index in [0.29, 0.717) is 5.75 Å². The first-order valence-corrected chi connectivity index (χ1v) is 5.59. The van der Waals surface area contributed by atoms with Crippen LogP contribution in [0.5, 0.6) is 5.75 Å². The molecule has 1 aromatic carbocycles. The molecular formula is C13H24N2O2. The van der Waals surface area contributed by atoms with Gasteiger partial charge in [0.25, 0.3) is 0 Å². The largest absolute Gasteiger partial charge is 0.508 e. The standard InChI is InChI=1S/C9H13NO.C4H11NO/c1-10(2)7-8-5-3-4-6-9(8)11;1-4(2,6)5-3/h3-6,11H,7H2,1-2H3;5-6H,1-3H3. The molecule has 4 nitrogen and oxygen atoms in total. The van der Waals surface area contributed by atoms with Crippen molar-refractivity contribution in [2.24, 2.45) is 0 Å². The molecule has 0 aliphatic heterocycles. The summed E-state index contributed by atoms with van der Waals surface area (Å²) in [4.78, 5) is 2.02. The lowest BCUT2D eigenvalue weighted by Crippen LogP contribution is -2.35. The lowest BCUT2D eigenvalue weighted by Gasteiger charge is -2.13. The second-order valence-electron chi connectivity index (χ2n) is 4.68. The Labute approximate surface area is 104 Å². The Morgan fingerprint density at radius 2 is 1.71 bits per heavy atom. The van der Waals surface area contributed by atoms with Gasteiger partial charge in [0, 0.05) is 12.1 Å². The van der Waals surface area contributed by atoms with Crippen LogP contribution in [-0.2, 0) is 6.54 Å². The van der Waals surface area contributed by atoms with Crippen molar-refractivity contribution in [3.63, 3.8) is 0 Å². The number of nitrogens with zero attached hydrogens (tertiary/aromatic N) is 1. The SMILES string of the molecule is CN(C)Cc1ccccc1O.CNC(C)(C)O. The number of aromatic hydroxyl groups is 1. The minimum absolute atomic E-state index is 0.376. The van der Waals surface area contributed by atoms with Gasteiger partial charge in [0.1, 0.15) is 11.5 Å². The quantitative estimate of drug-likeness (QED) is 0.699. The summed E-state index contributed by atoms with van der Waals surface area (Å²) in [5.41, 5.74) is 0.262. The van der Waals surface area contributed by atoms with Crippen LogP contribution in [0.15, 0.2) is 24.3 Å². The number of phenols is 1. The van der Waals surface area contributed by atoms with Gasteiger partial charge in [0.15, 0.2) is 0 Å². The highest BCUT2D eigenvalue weighted by Gasteiger charge is 2.04. The van der Waals surface area contributed by atoms with Crippen LogP contribution in [0.1, 0.15) is 19.4 Å². The van der Waals surface area contributed by atoms with Crippen molar-refractivity contribution < 1.29 is 10.2 Å². The Hall–Kier alpha value is -1.10. The highest BCUT2D eigenvalue weighted by molar-refractivity contribution is 5.31. The summed E-state index contributed by atoms with van der Waals surface area (Å²) >= 11 is 0. The molecule has 3 N–H and O–H groups in total. The number of benzene rings is 1. The number of hydrogen-bond donors (Lipinski definition) is 3. The Balaban J connectivity index is 0.000000366. The predicted molar refractivity (Wildman–Crippen MR) is 70.9 cm³/mol. The minimum Gasteiger partial charge on any atom is -0.508 e. The van der Waals surface area contributed by atoms with Crippen molar-refractivity contribution in [3.05, 3.63) is 29.8 Å². The van der Waals surface area contributed by atoms with Crippen LogP contribution in [-0.4, -0.2) is 42.0 Å². The fraction of sp³-hybridized carbons (Fsp3) is 0.538. The summed E-state index contributed by atoms with van der Waals surface area (Å²) in [6, 6.07) is 7.39. The first-order valence-electron chi connectivity index (χ1n) is 5.59. The third-order valence-electron chi connectivity index (χ3n) is 2.09. The number of rotatable bonds is 3. The summed E-state index contributed by atoms with van der Waals surface area (Å²) in [6.45, 7) is 4.16. The molecule has 0 amide bonds. The van der Waals surface area contributed by atoms with Gasteiger partial charge in [-0.05, 0) is 41.1 Å². The van der Waals surface area contributed by atoms with Crippen LogP contribution in [0, 0.1) is 0 Å². The average molecular weight is 240 g/mol. The zero-order chi connectivity index (χ0) is 13.5. The highest BCUT2D eigenvalue weighted by atomic mass is 16.3. The van der Waals surface area contributed by atoms with Gasteiger partial charge in [-0.2, -0.15) is 0 Å². The van der Waals surface area contributed by atoms with Gasteiger partial charge in [-0.3, -0.25) is 5.32 Å². The molecule has 1 aromatic rings. The monoisotopic (exact) mass is 240 g/mol. The molecule has 0 aromatic heterocycles. The first kappa shape index (κ1) is 15.9. The predicted octanol–water partition coefficient (Wildman–Crippen LogP) is 1.39. The Morgan fingerprint density at radius 3 is 2.06 bits per heavy atom. The number of nitrogens with one attached hydrogen (secondary N) is 1. The van der Waals surface area contributed by atoms with Crippen LogP contribution >= 0.6 is 0 Å². The maximum atomic E-state index is 9.33. The normalized spacial score (nSPS) is 11.0. The molecule has 0 bridgehead atoms. The molecule has 0 spiro atoms. The van der Waals surface area contributed by atoms with Gasteiger partial charge < -0.3 is 15.1 Å². The van der Waals surface area contributed by atoms with E-state index in [0.717, 1.165) is 12.1 Å². The third kappa shape index (κ3) is 8.68. The summed E-state index contributed by atoms with van der Waals surface area (Å²) in [5.74, 6) is 0.376. The minimum atomic E-state index is -0.708. The second-order valence-corrected chi connectivity index (χ2v) is 4.68. The molecule has 0 saturated carbocycles. The van der Waals surface area contributed by atoms with E-state index in [1.54, 1.807) is 27.0 Å². The number of para-hydroxylation sites is 1. The van der Waals surface area contributed by atoms with Crippen molar-refractivity contribution in [1.29, 1.82) is 0 Å². The van der Waals surface area contributed by atoms with Crippen LogP contribution in [0.2, 0.25) is 0 Å². The molecule has 4 heteroatoms. The van der Waals surface area contributed by atoms with Gasteiger partial charge in [0.05, 0.1) is 0 Å². The third-order valence-corrected chi connectivity index (χ3v) is 2.09. The molecule has 0 atom stereocenters. The van der Waals surface area contributed by atoms with E-state index < -0.39 is 5.72 Å². The van der Waals surface area contributed by atoms with Crippen LogP contribution in [0.25, 0.3) is 0 Å². The zero-order valence-corrected chi connectivity index (χ0v) is 11.4. The molecule has 17 heavy (non-hydrogen) atoms. The number of phenolic OH excluding ortho intramolecular Hbond substituents is 1. The fourth-order valence-corrected chi connectivity index (χ4v) is 0.985.